The Hall–Kier alpha value is -1.29. The van der Waals surface area contributed by atoms with Gasteiger partial charge in [0.2, 0.25) is 0 Å². The van der Waals surface area contributed by atoms with E-state index < -0.39 is 0 Å². The number of nitrogens with one attached hydrogen (secondary N) is 1. The number of anilines is 1. The van der Waals surface area contributed by atoms with Crippen molar-refractivity contribution in [1.29, 1.82) is 0 Å². The molecule has 3 heterocycles. The normalized spacial score (nSPS) is 15.1. The quantitative estimate of drug-likeness (QED) is 0.884. The molecule has 0 aliphatic carbocycles. The molecule has 0 saturated heterocycles. The smallest absolute Gasteiger partial charge is 0.127 e. The predicted octanol–water partition coefficient (Wildman–Crippen LogP) is 2.82. The van der Waals surface area contributed by atoms with E-state index in [-0.39, 0.29) is 0 Å². The van der Waals surface area contributed by atoms with Crippen LogP contribution in [0.15, 0.2) is 17.5 Å². The molecule has 90 valence electrons. The topological polar surface area (TPSA) is 29.9 Å². The summed E-state index contributed by atoms with van der Waals surface area (Å²) in [5.74, 6) is 1.23. The van der Waals surface area contributed by atoms with Gasteiger partial charge in [-0.15, -0.1) is 11.3 Å². The molecule has 2 aromatic rings. The molecule has 0 radical (unpaired) electrons. The maximum Gasteiger partial charge on any atom is 0.127 e. The van der Waals surface area contributed by atoms with Crippen LogP contribution < -0.4 is 5.32 Å². The van der Waals surface area contributed by atoms with Crippen molar-refractivity contribution >= 4 is 17.2 Å². The van der Waals surface area contributed by atoms with Gasteiger partial charge in [-0.2, -0.15) is 5.10 Å². The Bertz CT molecular complexity index is 499. The third kappa shape index (κ3) is 2.09. The number of thiophene rings is 1. The highest BCUT2D eigenvalue weighted by Crippen LogP contribution is 2.26. The lowest BCUT2D eigenvalue weighted by Crippen LogP contribution is -2.04. The second-order valence-electron chi connectivity index (χ2n) is 4.54. The fourth-order valence-corrected chi connectivity index (χ4v) is 3.17. The Kier molecular flexibility index (Phi) is 2.89. The van der Waals surface area contributed by atoms with Crippen molar-refractivity contribution in [2.24, 2.45) is 7.05 Å². The molecule has 0 amide bonds. The molecule has 3 nitrogen and oxygen atoms in total. The van der Waals surface area contributed by atoms with Gasteiger partial charge in [0.25, 0.3) is 0 Å². The standard InChI is InChI=1S/C13H17N3S/c1-16-13-11(6-2-3-7-14-13)12(15-16)9-10-5-4-8-17-10/h4-5,8,14H,2-3,6-7,9H2,1H3. The largest absolute Gasteiger partial charge is 0.370 e. The molecule has 1 N–H and O–H groups in total. The Morgan fingerprint density at radius 3 is 3.24 bits per heavy atom. The Labute approximate surface area is 105 Å². The van der Waals surface area contributed by atoms with Gasteiger partial charge in [0, 0.05) is 30.5 Å². The summed E-state index contributed by atoms with van der Waals surface area (Å²) < 4.78 is 2.00. The fraction of sp³-hybridized carbons (Fsp3) is 0.462. The van der Waals surface area contributed by atoms with Crippen LogP contribution in [0.1, 0.15) is 29.0 Å². The van der Waals surface area contributed by atoms with Gasteiger partial charge in [-0.3, -0.25) is 4.68 Å². The summed E-state index contributed by atoms with van der Waals surface area (Å²) in [7, 11) is 2.04. The minimum Gasteiger partial charge on any atom is -0.370 e. The van der Waals surface area contributed by atoms with Crippen LogP contribution in [0.25, 0.3) is 0 Å². The van der Waals surface area contributed by atoms with Crippen LogP contribution >= 0.6 is 11.3 Å². The van der Waals surface area contributed by atoms with Crippen LogP contribution in [-0.4, -0.2) is 16.3 Å². The van der Waals surface area contributed by atoms with Gasteiger partial charge in [0.15, 0.2) is 0 Å². The van der Waals surface area contributed by atoms with Crippen LogP contribution in [0.4, 0.5) is 5.82 Å². The average molecular weight is 247 g/mol. The zero-order valence-electron chi connectivity index (χ0n) is 10.1. The third-order valence-corrected chi connectivity index (χ3v) is 4.17. The first kappa shape index (κ1) is 10.8. The number of nitrogens with zero attached hydrogens (tertiary/aromatic N) is 2. The number of rotatable bonds is 2. The van der Waals surface area contributed by atoms with Crippen LogP contribution in [0.5, 0.6) is 0 Å². The van der Waals surface area contributed by atoms with E-state index >= 15 is 0 Å². The van der Waals surface area contributed by atoms with Gasteiger partial charge in [-0.1, -0.05) is 6.07 Å². The predicted molar refractivity (Wildman–Crippen MR) is 71.8 cm³/mol. The van der Waals surface area contributed by atoms with Gasteiger partial charge in [0.1, 0.15) is 5.82 Å². The summed E-state index contributed by atoms with van der Waals surface area (Å²) in [6.07, 6.45) is 4.66. The van der Waals surface area contributed by atoms with E-state index in [1.54, 1.807) is 0 Å². The average Bonchev–Trinajstić information content (AvgIpc) is 2.82. The maximum absolute atomic E-state index is 4.67. The van der Waals surface area contributed by atoms with Crippen LogP contribution in [-0.2, 0) is 19.9 Å². The third-order valence-electron chi connectivity index (χ3n) is 3.30. The summed E-state index contributed by atoms with van der Waals surface area (Å²) in [5.41, 5.74) is 2.68. The van der Waals surface area contributed by atoms with Gasteiger partial charge in [-0.25, -0.2) is 0 Å². The highest BCUT2D eigenvalue weighted by atomic mass is 32.1. The van der Waals surface area contributed by atoms with Crippen LogP contribution in [0, 0.1) is 0 Å². The maximum atomic E-state index is 4.67. The van der Waals surface area contributed by atoms with E-state index in [2.05, 4.69) is 27.9 Å². The summed E-state index contributed by atoms with van der Waals surface area (Å²) >= 11 is 1.81. The molecule has 0 saturated carbocycles. The number of aryl methyl sites for hydroxylation is 1. The lowest BCUT2D eigenvalue weighted by Gasteiger charge is -2.03. The van der Waals surface area contributed by atoms with Crippen molar-refractivity contribution in [1.82, 2.24) is 9.78 Å². The van der Waals surface area contributed by atoms with Crippen molar-refractivity contribution in [3.8, 4) is 0 Å². The minimum absolute atomic E-state index is 0.975. The highest BCUT2D eigenvalue weighted by Gasteiger charge is 2.18. The zero-order chi connectivity index (χ0) is 11.7. The molecule has 17 heavy (non-hydrogen) atoms. The van der Waals surface area contributed by atoms with Gasteiger partial charge < -0.3 is 5.32 Å². The van der Waals surface area contributed by atoms with Crippen molar-refractivity contribution in [2.75, 3.05) is 11.9 Å². The number of aromatic nitrogens is 2. The van der Waals surface area contributed by atoms with Crippen molar-refractivity contribution < 1.29 is 0 Å². The van der Waals surface area contributed by atoms with Crippen LogP contribution in [0.2, 0.25) is 0 Å². The molecule has 2 aromatic heterocycles. The Balaban J connectivity index is 1.94. The van der Waals surface area contributed by atoms with E-state index in [4.69, 9.17) is 0 Å². The molecule has 0 bridgehead atoms. The van der Waals surface area contributed by atoms with Gasteiger partial charge >= 0.3 is 0 Å². The molecule has 4 heteroatoms. The lowest BCUT2D eigenvalue weighted by atomic mass is 10.1. The molecule has 1 aliphatic heterocycles. The molecule has 0 spiro atoms. The van der Waals surface area contributed by atoms with E-state index in [1.165, 1.54) is 34.8 Å². The Morgan fingerprint density at radius 2 is 2.41 bits per heavy atom. The second kappa shape index (κ2) is 4.53. The summed E-state index contributed by atoms with van der Waals surface area (Å²) in [5, 5.41) is 10.3. The molecule has 1 aliphatic rings. The molecule has 3 rings (SSSR count). The molecule has 0 unspecified atom stereocenters. The van der Waals surface area contributed by atoms with E-state index in [0.717, 1.165) is 19.4 Å². The first-order valence-corrected chi connectivity index (χ1v) is 7.03. The Morgan fingerprint density at radius 1 is 1.47 bits per heavy atom. The van der Waals surface area contributed by atoms with Crippen molar-refractivity contribution in [3.63, 3.8) is 0 Å². The van der Waals surface area contributed by atoms with Crippen molar-refractivity contribution in [2.45, 2.75) is 25.7 Å². The fourth-order valence-electron chi connectivity index (χ4n) is 2.46. The SMILES string of the molecule is Cn1nc(Cc2cccs2)c2c1NCCCC2. The highest BCUT2D eigenvalue weighted by molar-refractivity contribution is 7.09. The summed E-state index contributed by atoms with van der Waals surface area (Å²) in [4.78, 5) is 1.40. The second-order valence-corrected chi connectivity index (χ2v) is 5.57. The first-order valence-electron chi connectivity index (χ1n) is 6.15. The number of fused-ring (bicyclic) bond motifs is 1. The molecule has 0 atom stereocenters. The van der Waals surface area contributed by atoms with E-state index in [9.17, 15) is 0 Å². The lowest BCUT2D eigenvalue weighted by molar-refractivity contribution is 0.736. The molecule has 0 fully saturated rings. The van der Waals surface area contributed by atoms with E-state index in [0.29, 0.717) is 0 Å². The molecular weight excluding hydrogens is 230 g/mol. The monoisotopic (exact) mass is 247 g/mol. The van der Waals surface area contributed by atoms with Crippen molar-refractivity contribution in [3.05, 3.63) is 33.6 Å². The first-order chi connectivity index (χ1) is 8.34. The molecule has 0 aromatic carbocycles. The number of hydrogen-bond acceptors (Lipinski definition) is 3. The van der Waals surface area contributed by atoms with Gasteiger partial charge in [0.05, 0.1) is 5.69 Å². The van der Waals surface area contributed by atoms with Gasteiger partial charge in [-0.05, 0) is 30.7 Å². The number of hydrogen-bond donors (Lipinski definition) is 1. The zero-order valence-corrected chi connectivity index (χ0v) is 10.9. The van der Waals surface area contributed by atoms with Crippen LogP contribution in [0.3, 0.4) is 0 Å². The summed E-state index contributed by atoms with van der Waals surface area (Å²) in [6, 6.07) is 4.30. The summed E-state index contributed by atoms with van der Waals surface area (Å²) in [6.45, 7) is 1.07. The minimum atomic E-state index is 0.975. The van der Waals surface area contributed by atoms with E-state index in [1.807, 2.05) is 23.1 Å². The molecular formula is C13H17N3S.